The Hall–Kier alpha value is -2.47. The number of benzene rings is 1. The van der Waals surface area contributed by atoms with Crippen molar-refractivity contribution < 1.29 is 4.79 Å². The number of hydrogen-bond donors (Lipinski definition) is 1. The van der Waals surface area contributed by atoms with Crippen molar-refractivity contribution in [2.75, 3.05) is 30.4 Å². The van der Waals surface area contributed by atoms with E-state index in [9.17, 15) is 4.79 Å². The van der Waals surface area contributed by atoms with Gasteiger partial charge in [0.05, 0.1) is 12.1 Å². The smallest absolute Gasteiger partial charge is 0.229 e. The van der Waals surface area contributed by atoms with E-state index in [-0.39, 0.29) is 11.8 Å². The number of nitrogens with zero attached hydrogens (tertiary/aromatic N) is 4. The predicted molar refractivity (Wildman–Crippen MR) is 120 cm³/mol. The second-order valence-corrected chi connectivity index (χ2v) is 8.70. The molecule has 30 heavy (non-hydrogen) atoms. The first-order valence-electron chi connectivity index (χ1n) is 11.3. The van der Waals surface area contributed by atoms with Crippen LogP contribution in [0.1, 0.15) is 50.5 Å². The van der Waals surface area contributed by atoms with Crippen molar-refractivity contribution in [3.8, 4) is 0 Å². The van der Waals surface area contributed by atoms with Crippen LogP contribution in [0.4, 0.5) is 11.5 Å². The van der Waals surface area contributed by atoms with Crippen LogP contribution in [0.15, 0.2) is 42.9 Å². The summed E-state index contributed by atoms with van der Waals surface area (Å²) in [7, 11) is 2.22. The molecule has 1 atom stereocenters. The van der Waals surface area contributed by atoms with Crippen LogP contribution in [-0.2, 0) is 11.3 Å². The molecule has 2 aromatic rings. The highest BCUT2D eigenvalue weighted by Crippen LogP contribution is 2.26. The Morgan fingerprint density at radius 3 is 2.77 bits per heavy atom. The average Bonchev–Trinajstić information content (AvgIpc) is 2.81. The van der Waals surface area contributed by atoms with E-state index in [0.29, 0.717) is 12.6 Å². The van der Waals surface area contributed by atoms with Crippen LogP contribution in [0.5, 0.6) is 0 Å². The van der Waals surface area contributed by atoms with Crippen molar-refractivity contribution in [3.05, 3.63) is 48.4 Å². The van der Waals surface area contributed by atoms with Crippen molar-refractivity contribution >= 4 is 17.4 Å². The lowest BCUT2D eigenvalue weighted by Gasteiger charge is -2.33. The molecule has 2 aliphatic rings. The molecule has 4 rings (SSSR count). The van der Waals surface area contributed by atoms with Gasteiger partial charge in [-0.15, -0.1) is 0 Å². The predicted octanol–water partition coefficient (Wildman–Crippen LogP) is 4.10. The van der Waals surface area contributed by atoms with Gasteiger partial charge in [0.15, 0.2) is 0 Å². The molecule has 6 heteroatoms. The molecule has 1 aromatic heterocycles. The SMILES string of the molecule is CN(Cc1ccccc1NC(=O)[C@H]1CCCN(c2cnccn2)C1)C1CCCCC1. The van der Waals surface area contributed by atoms with Crippen molar-refractivity contribution in [2.24, 2.45) is 5.92 Å². The third kappa shape index (κ3) is 5.17. The minimum atomic E-state index is -0.0371. The highest BCUT2D eigenvalue weighted by molar-refractivity contribution is 5.93. The third-order valence-electron chi connectivity index (χ3n) is 6.56. The maximum atomic E-state index is 13.1. The van der Waals surface area contributed by atoms with Crippen molar-refractivity contribution in [1.29, 1.82) is 0 Å². The van der Waals surface area contributed by atoms with E-state index in [1.807, 2.05) is 12.1 Å². The Labute approximate surface area is 179 Å². The molecule has 1 amide bonds. The van der Waals surface area contributed by atoms with Crippen molar-refractivity contribution in [3.63, 3.8) is 0 Å². The van der Waals surface area contributed by atoms with Crippen LogP contribution in [0, 0.1) is 5.92 Å². The molecule has 2 fully saturated rings. The van der Waals surface area contributed by atoms with Gasteiger partial charge in [-0.3, -0.25) is 14.7 Å². The topological polar surface area (TPSA) is 61.4 Å². The van der Waals surface area contributed by atoms with Gasteiger partial charge in [-0.2, -0.15) is 0 Å². The Kier molecular flexibility index (Phi) is 6.95. The summed E-state index contributed by atoms with van der Waals surface area (Å²) in [5.41, 5.74) is 2.14. The van der Waals surface area contributed by atoms with Gasteiger partial charge in [-0.05, 0) is 44.4 Å². The van der Waals surface area contributed by atoms with E-state index in [1.165, 1.54) is 37.7 Å². The molecule has 0 bridgehead atoms. The number of anilines is 2. The van der Waals surface area contributed by atoms with Crippen LogP contribution in [-0.4, -0.2) is 47.0 Å². The van der Waals surface area contributed by atoms with Gasteiger partial charge in [0.2, 0.25) is 5.91 Å². The average molecular weight is 408 g/mol. The van der Waals surface area contributed by atoms with Gasteiger partial charge in [-0.25, -0.2) is 4.98 Å². The fraction of sp³-hybridized carbons (Fsp3) is 0.542. The second kappa shape index (κ2) is 10.0. The molecule has 6 nitrogen and oxygen atoms in total. The lowest BCUT2D eigenvalue weighted by Crippen LogP contribution is -2.41. The molecule has 1 aliphatic carbocycles. The van der Waals surface area contributed by atoms with Crippen LogP contribution in [0.2, 0.25) is 0 Å². The second-order valence-electron chi connectivity index (χ2n) is 8.70. The molecule has 0 spiro atoms. The largest absolute Gasteiger partial charge is 0.355 e. The molecule has 1 N–H and O–H groups in total. The number of para-hydroxylation sites is 1. The molecule has 1 saturated carbocycles. The van der Waals surface area contributed by atoms with E-state index < -0.39 is 0 Å². The van der Waals surface area contributed by atoms with Gasteiger partial charge in [-0.1, -0.05) is 37.5 Å². The van der Waals surface area contributed by atoms with Crippen LogP contribution >= 0.6 is 0 Å². The zero-order chi connectivity index (χ0) is 20.8. The van der Waals surface area contributed by atoms with Gasteiger partial charge in [0.1, 0.15) is 5.82 Å². The Morgan fingerprint density at radius 2 is 1.97 bits per heavy atom. The standard InChI is InChI=1S/C24H33N5O/c1-28(21-10-3-2-4-11-21)17-19-8-5-6-12-22(19)27-24(30)20-9-7-15-29(18-20)23-16-25-13-14-26-23/h5-6,8,12-14,16,20-21H,2-4,7,9-11,15,17-18H2,1H3,(H,27,30)/t20-/m0/s1. The number of carbonyl (C=O) groups is 1. The summed E-state index contributed by atoms with van der Waals surface area (Å²) in [5.74, 6) is 0.922. The van der Waals surface area contributed by atoms with Crippen molar-refractivity contribution in [2.45, 2.75) is 57.5 Å². The van der Waals surface area contributed by atoms with Gasteiger partial charge < -0.3 is 10.2 Å². The Morgan fingerprint density at radius 1 is 1.13 bits per heavy atom. The molecular weight excluding hydrogens is 374 g/mol. The highest BCUT2D eigenvalue weighted by atomic mass is 16.1. The normalized spacial score (nSPS) is 20.3. The fourth-order valence-corrected chi connectivity index (χ4v) is 4.79. The maximum Gasteiger partial charge on any atom is 0.229 e. The fourth-order valence-electron chi connectivity index (χ4n) is 4.79. The van der Waals surface area contributed by atoms with Crippen LogP contribution in [0.25, 0.3) is 0 Å². The van der Waals surface area contributed by atoms with Crippen molar-refractivity contribution in [1.82, 2.24) is 14.9 Å². The summed E-state index contributed by atoms with van der Waals surface area (Å²) in [6.07, 6.45) is 13.6. The molecule has 0 unspecified atom stereocenters. The molecular formula is C24H33N5O. The van der Waals surface area contributed by atoms with E-state index >= 15 is 0 Å². The first-order chi connectivity index (χ1) is 14.7. The number of amides is 1. The first kappa shape index (κ1) is 20.8. The van der Waals surface area contributed by atoms with E-state index in [4.69, 9.17) is 0 Å². The quantitative estimate of drug-likeness (QED) is 0.781. The number of aromatic nitrogens is 2. The third-order valence-corrected chi connectivity index (χ3v) is 6.56. The zero-order valence-electron chi connectivity index (χ0n) is 18.0. The molecule has 1 saturated heterocycles. The van der Waals surface area contributed by atoms with E-state index in [0.717, 1.165) is 37.4 Å². The summed E-state index contributed by atoms with van der Waals surface area (Å²) in [5, 5.41) is 3.23. The highest BCUT2D eigenvalue weighted by Gasteiger charge is 2.27. The first-order valence-corrected chi connectivity index (χ1v) is 11.3. The number of hydrogen-bond acceptors (Lipinski definition) is 5. The lowest BCUT2D eigenvalue weighted by molar-refractivity contribution is -0.120. The minimum absolute atomic E-state index is 0.0371. The van der Waals surface area contributed by atoms with E-state index in [1.54, 1.807) is 18.6 Å². The summed E-state index contributed by atoms with van der Waals surface area (Å²) >= 11 is 0. The molecule has 1 aromatic carbocycles. The summed E-state index contributed by atoms with van der Waals surface area (Å²) in [6.45, 7) is 2.48. The number of piperidine rings is 1. The number of nitrogens with one attached hydrogen (secondary N) is 1. The van der Waals surface area contributed by atoms with Crippen LogP contribution < -0.4 is 10.2 Å². The lowest BCUT2D eigenvalue weighted by atomic mass is 9.94. The molecule has 160 valence electrons. The Balaban J connectivity index is 1.39. The Bertz CT molecular complexity index is 821. The van der Waals surface area contributed by atoms with E-state index in [2.05, 4.69) is 44.3 Å². The van der Waals surface area contributed by atoms with Gasteiger partial charge >= 0.3 is 0 Å². The van der Waals surface area contributed by atoms with Gasteiger partial charge in [0, 0.05) is 43.8 Å². The maximum absolute atomic E-state index is 13.1. The summed E-state index contributed by atoms with van der Waals surface area (Å²) in [4.78, 5) is 26.3. The summed E-state index contributed by atoms with van der Waals surface area (Å²) < 4.78 is 0. The molecule has 0 radical (unpaired) electrons. The summed E-state index contributed by atoms with van der Waals surface area (Å²) in [6, 6.07) is 8.90. The number of rotatable bonds is 6. The number of carbonyl (C=O) groups excluding carboxylic acids is 1. The minimum Gasteiger partial charge on any atom is -0.355 e. The molecule has 2 heterocycles. The monoisotopic (exact) mass is 407 g/mol. The molecule has 1 aliphatic heterocycles. The van der Waals surface area contributed by atoms with Gasteiger partial charge in [0.25, 0.3) is 0 Å². The zero-order valence-corrected chi connectivity index (χ0v) is 18.0. The van der Waals surface area contributed by atoms with Crippen LogP contribution in [0.3, 0.4) is 0 Å².